The summed E-state index contributed by atoms with van der Waals surface area (Å²) in [5.41, 5.74) is 1.40. The minimum Gasteiger partial charge on any atom is -0.483 e. The summed E-state index contributed by atoms with van der Waals surface area (Å²) in [5.74, 6) is 0.698. The van der Waals surface area contributed by atoms with Crippen molar-refractivity contribution >= 4 is 37.6 Å². The largest absolute Gasteiger partial charge is 0.483 e. The SMILES string of the molecule is O=C1CC(c2ccc(Br)cn2)Oc2cc(Br)ccc21. The zero-order valence-corrected chi connectivity index (χ0v) is 12.9. The Morgan fingerprint density at radius 1 is 1.16 bits per heavy atom. The maximum atomic E-state index is 12.1. The molecule has 1 atom stereocenters. The maximum Gasteiger partial charge on any atom is 0.170 e. The molecule has 2 heterocycles. The molecule has 19 heavy (non-hydrogen) atoms. The smallest absolute Gasteiger partial charge is 0.170 e. The van der Waals surface area contributed by atoms with Crippen LogP contribution in [0.3, 0.4) is 0 Å². The second kappa shape index (κ2) is 5.06. The zero-order valence-electron chi connectivity index (χ0n) is 9.77. The lowest BCUT2D eigenvalue weighted by atomic mass is 9.99. The molecule has 0 spiro atoms. The van der Waals surface area contributed by atoms with Crippen molar-refractivity contribution in [3.05, 3.63) is 56.7 Å². The van der Waals surface area contributed by atoms with Crippen LogP contribution in [0.5, 0.6) is 5.75 Å². The summed E-state index contributed by atoms with van der Waals surface area (Å²) >= 11 is 6.72. The molecule has 96 valence electrons. The van der Waals surface area contributed by atoms with Crippen LogP contribution in [-0.2, 0) is 0 Å². The third kappa shape index (κ3) is 2.58. The Labute approximate surface area is 127 Å². The average molecular weight is 383 g/mol. The predicted molar refractivity (Wildman–Crippen MR) is 78.4 cm³/mol. The second-order valence-electron chi connectivity index (χ2n) is 4.28. The first-order chi connectivity index (χ1) is 9.13. The fourth-order valence-corrected chi connectivity index (χ4v) is 2.61. The molecule has 2 aromatic rings. The number of benzene rings is 1. The highest BCUT2D eigenvalue weighted by molar-refractivity contribution is 9.10. The lowest BCUT2D eigenvalue weighted by Gasteiger charge is -2.24. The van der Waals surface area contributed by atoms with E-state index in [0.29, 0.717) is 17.7 Å². The zero-order chi connectivity index (χ0) is 13.4. The van der Waals surface area contributed by atoms with Gasteiger partial charge in [0.15, 0.2) is 5.78 Å². The number of halogens is 2. The van der Waals surface area contributed by atoms with Crippen LogP contribution in [0.4, 0.5) is 0 Å². The predicted octanol–water partition coefficient (Wildman–Crippen LogP) is 4.31. The van der Waals surface area contributed by atoms with Crippen LogP contribution in [0.2, 0.25) is 0 Å². The molecule has 1 unspecified atom stereocenters. The monoisotopic (exact) mass is 381 g/mol. The number of carbonyl (C=O) groups is 1. The Balaban J connectivity index is 1.96. The molecule has 1 aliphatic heterocycles. The summed E-state index contributed by atoms with van der Waals surface area (Å²) in [7, 11) is 0. The van der Waals surface area contributed by atoms with Crippen LogP contribution >= 0.6 is 31.9 Å². The van der Waals surface area contributed by atoms with Gasteiger partial charge in [-0.2, -0.15) is 0 Å². The Kier molecular flexibility index (Phi) is 3.41. The molecule has 1 aromatic heterocycles. The van der Waals surface area contributed by atoms with Gasteiger partial charge in [0.2, 0.25) is 0 Å². The number of hydrogen-bond donors (Lipinski definition) is 0. The van der Waals surface area contributed by atoms with Gasteiger partial charge in [0, 0.05) is 15.1 Å². The van der Waals surface area contributed by atoms with Gasteiger partial charge in [-0.25, -0.2) is 0 Å². The van der Waals surface area contributed by atoms with Gasteiger partial charge < -0.3 is 4.74 Å². The molecule has 0 aliphatic carbocycles. The standard InChI is InChI=1S/C14H9Br2NO2/c15-8-1-3-10-12(18)6-14(19-13(10)5-8)11-4-2-9(16)7-17-11/h1-5,7,14H,6H2. The molecule has 0 saturated heterocycles. The third-order valence-corrected chi connectivity index (χ3v) is 3.93. The first kappa shape index (κ1) is 12.8. The van der Waals surface area contributed by atoms with Gasteiger partial charge in [0.1, 0.15) is 11.9 Å². The number of aromatic nitrogens is 1. The average Bonchev–Trinajstić information content (AvgIpc) is 2.38. The van der Waals surface area contributed by atoms with Crippen molar-refractivity contribution in [2.75, 3.05) is 0 Å². The highest BCUT2D eigenvalue weighted by atomic mass is 79.9. The van der Waals surface area contributed by atoms with Crippen molar-refractivity contribution in [1.29, 1.82) is 0 Å². The summed E-state index contributed by atoms with van der Waals surface area (Å²) in [6, 6.07) is 9.21. The summed E-state index contributed by atoms with van der Waals surface area (Å²) in [5, 5.41) is 0. The minimum absolute atomic E-state index is 0.0865. The molecule has 1 aliphatic rings. The van der Waals surface area contributed by atoms with Crippen molar-refractivity contribution in [3.63, 3.8) is 0 Å². The van der Waals surface area contributed by atoms with E-state index in [0.717, 1.165) is 14.6 Å². The lowest BCUT2D eigenvalue weighted by Crippen LogP contribution is -2.21. The van der Waals surface area contributed by atoms with Crippen LogP contribution in [0, 0.1) is 0 Å². The van der Waals surface area contributed by atoms with E-state index in [-0.39, 0.29) is 11.9 Å². The Hall–Kier alpha value is -1.20. The van der Waals surface area contributed by atoms with Crippen LogP contribution in [0.1, 0.15) is 28.6 Å². The first-order valence-electron chi connectivity index (χ1n) is 5.74. The molecular formula is C14H9Br2NO2. The molecule has 0 bridgehead atoms. The van der Waals surface area contributed by atoms with Crippen LogP contribution in [-0.4, -0.2) is 10.8 Å². The summed E-state index contributed by atoms with van der Waals surface area (Å²) in [6.07, 6.45) is 1.71. The van der Waals surface area contributed by atoms with Gasteiger partial charge in [-0.05, 0) is 46.3 Å². The second-order valence-corrected chi connectivity index (χ2v) is 6.11. The van der Waals surface area contributed by atoms with E-state index in [9.17, 15) is 4.79 Å². The Morgan fingerprint density at radius 3 is 2.68 bits per heavy atom. The van der Waals surface area contributed by atoms with Gasteiger partial charge in [-0.3, -0.25) is 9.78 Å². The fraction of sp³-hybridized carbons (Fsp3) is 0.143. The molecule has 0 fully saturated rings. The number of nitrogens with zero attached hydrogens (tertiary/aromatic N) is 1. The quantitative estimate of drug-likeness (QED) is 0.737. The van der Waals surface area contributed by atoms with Crippen molar-refractivity contribution < 1.29 is 9.53 Å². The Morgan fingerprint density at radius 2 is 1.95 bits per heavy atom. The van der Waals surface area contributed by atoms with Gasteiger partial charge in [-0.1, -0.05) is 15.9 Å². The van der Waals surface area contributed by atoms with E-state index in [4.69, 9.17) is 4.74 Å². The molecule has 0 N–H and O–H groups in total. The lowest BCUT2D eigenvalue weighted by molar-refractivity contribution is 0.0844. The van der Waals surface area contributed by atoms with Crippen LogP contribution in [0.15, 0.2) is 45.5 Å². The van der Waals surface area contributed by atoms with Crippen molar-refractivity contribution in [2.24, 2.45) is 0 Å². The maximum absolute atomic E-state index is 12.1. The highest BCUT2D eigenvalue weighted by Gasteiger charge is 2.28. The first-order valence-corrected chi connectivity index (χ1v) is 7.33. The number of Topliss-reactive ketones (excluding diaryl/α,β-unsaturated/α-hetero) is 1. The number of fused-ring (bicyclic) bond motifs is 1. The number of hydrogen-bond acceptors (Lipinski definition) is 3. The van der Waals surface area contributed by atoms with Gasteiger partial charge in [-0.15, -0.1) is 0 Å². The van der Waals surface area contributed by atoms with Crippen molar-refractivity contribution in [1.82, 2.24) is 4.98 Å². The molecule has 0 amide bonds. The van der Waals surface area contributed by atoms with E-state index < -0.39 is 0 Å². The van der Waals surface area contributed by atoms with Gasteiger partial charge in [0.05, 0.1) is 17.7 Å². The normalized spacial score (nSPS) is 17.8. The molecular weight excluding hydrogens is 374 g/mol. The summed E-state index contributed by atoms with van der Waals surface area (Å²) < 4.78 is 7.68. The van der Waals surface area contributed by atoms with Crippen LogP contribution < -0.4 is 4.74 Å². The molecule has 1 aromatic carbocycles. The molecule has 0 saturated carbocycles. The number of ketones is 1. The Bertz CT molecular complexity index is 640. The number of pyridine rings is 1. The molecule has 5 heteroatoms. The number of rotatable bonds is 1. The van der Waals surface area contributed by atoms with E-state index in [1.807, 2.05) is 24.3 Å². The van der Waals surface area contributed by atoms with Crippen LogP contribution in [0.25, 0.3) is 0 Å². The fourth-order valence-electron chi connectivity index (χ4n) is 2.04. The van der Waals surface area contributed by atoms with Gasteiger partial charge in [0.25, 0.3) is 0 Å². The highest BCUT2D eigenvalue weighted by Crippen LogP contribution is 2.35. The van der Waals surface area contributed by atoms with Crippen molar-refractivity contribution in [2.45, 2.75) is 12.5 Å². The molecule has 0 radical (unpaired) electrons. The van der Waals surface area contributed by atoms with E-state index >= 15 is 0 Å². The molecule has 3 rings (SSSR count). The van der Waals surface area contributed by atoms with E-state index in [2.05, 4.69) is 36.8 Å². The molecule has 3 nitrogen and oxygen atoms in total. The third-order valence-electron chi connectivity index (χ3n) is 2.96. The minimum atomic E-state index is -0.317. The van der Waals surface area contributed by atoms with Gasteiger partial charge >= 0.3 is 0 Å². The summed E-state index contributed by atoms with van der Waals surface area (Å²) in [6.45, 7) is 0. The van der Waals surface area contributed by atoms with Crippen molar-refractivity contribution in [3.8, 4) is 5.75 Å². The number of ether oxygens (including phenoxy) is 1. The number of carbonyl (C=O) groups excluding carboxylic acids is 1. The topological polar surface area (TPSA) is 39.2 Å². The van der Waals surface area contributed by atoms with E-state index in [1.165, 1.54) is 0 Å². The summed E-state index contributed by atoms with van der Waals surface area (Å²) in [4.78, 5) is 16.4. The van der Waals surface area contributed by atoms with E-state index in [1.54, 1.807) is 12.3 Å².